The monoisotopic (exact) mass is 315 g/mol. The summed E-state index contributed by atoms with van der Waals surface area (Å²) in [7, 11) is 0. The molecule has 1 aliphatic heterocycles. The van der Waals surface area contributed by atoms with E-state index in [1.165, 1.54) is 12.8 Å². The molecule has 1 saturated carbocycles. The number of para-hydroxylation sites is 1. The average Bonchev–Trinajstić information content (AvgIpc) is 2.71. The number of fused-ring (bicyclic) bond motifs is 1. The molecule has 116 valence electrons. The van der Waals surface area contributed by atoms with Crippen molar-refractivity contribution in [2.24, 2.45) is 15.7 Å². The van der Waals surface area contributed by atoms with E-state index in [-0.39, 0.29) is 5.91 Å². The molecule has 5 heteroatoms. The van der Waals surface area contributed by atoms with Gasteiger partial charge in [-0.3, -0.25) is 4.79 Å². The van der Waals surface area contributed by atoms with Gasteiger partial charge in [0.25, 0.3) is 5.91 Å². The Kier molecular flexibility index (Phi) is 4.74. The number of amidine groups is 1. The minimum Gasteiger partial charge on any atom is -0.328 e. The van der Waals surface area contributed by atoms with Gasteiger partial charge in [0.05, 0.1) is 16.7 Å². The Hall–Kier alpha value is -1.46. The fraction of sp³-hybridized carbons (Fsp3) is 0.471. The number of carbonyl (C=O) groups excluding carboxylic acids is 1. The maximum absolute atomic E-state index is 12.1. The maximum Gasteiger partial charge on any atom is 0.280 e. The molecule has 1 amide bonds. The van der Waals surface area contributed by atoms with Crippen LogP contribution in [0.4, 0.5) is 0 Å². The second kappa shape index (κ2) is 6.75. The van der Waals surface area contributed by atoms with E-state index >= 15 is 0 Å². The van der Waals surface area contributed by atoms with E-state index in [1.54, 1.807) is 6.07 Å². The van der Waals surface area contributed by atoms with Gasteiger partial charge in [0, 0.05) is 11.3 Å². The zero-order chi connectivity index (χ0) is 15.5. The van der Waals surface area contributed by atoms with Gasteiger partial charge in [0.2, 0.25) is 0 Å². The highest BCUT2D eigenvalue weighted by molar-refractivity contribution is 8.00. The summed E-state index contributed by atoms with van der Waals surface area (Å²) in [6.45, 7) is 3.95. The lowest BCUT2D eigenvalue weighted by molar-refractivity contribution is 0.1000. The Morgan fingerprint density at radius 1 is 1.23 bits per heavy atom. The summed E-state index contributed by atoms with van der Waals surface area (Å²) in [6.07, 6.45) is 5.74. The van der Waals surface area contributed by atoms with Crippen LogP contribution in [0.3, 0.4) is 0 Å². The molecule has 22 heavy (non-hydrogen) atoms. The zero-order valence-electron chi connectivity index (χ0n) is 12.6. The molecule has 0 bridgehead atoms. The van der Waals surface area contributed by atoms with Crippen LogP contribution in [-0.2, 0) is 0 Å². The van der Waals surface area contributed by atoms with Gasteiger partial charge in [-0.1, -0.05) is 25.1 Å². The van der Waals surface area contributed by atoms with Crippen LogP contribution in [0.25, 0.3) is 6.58 Å². The van der Waals surface area contributed by atoms with Gasteiger partial charge in [0.1, 0.15) is 5.84 Å². The first-order valence-corrected chi connectivity index (χ1v) is 8.84. The SMILES string of the molecule is C=c1cccc2c1=NC(CSC1CCCC(N)CC1)=NC2=O. The van der Waals surface area contributed by atoms with Crippen LogP contribution < -0.4 is 16.3 Å². The molecular weight excluding hydrogens is 294 g/mol. The van der Waals surface area contributed by atoms with E-state index in [9.17, 15) is 4.79 Å². The van der Waals surface area contributed by atoms with Crippen LogP contribution >= 0.6 is 11.8 Å². The van der Waals surface area contributed by atoms with Crippen molar-refractivity contribution in [3.05, 3.63) is 34.3 Å². The summed E-state index contributed by atoms with van der Waals surface area (Å²) in [4.78, 5) is 20.8. The number of nitrogens with zero attached hydrogens (tertiary/aromatic N) is 2. The number of rotatable bonds is 3. The summed E-state index contributed by atoms with van der Waals surface area (Å²) < 4.78 is 0. The smallest absolute Gasteiger partial charge is 0.280 e. The van der Waals surface area contributed by atoms with E-state index in [2.05, 4.69) is 16.6 Å². The van der Waals surface area contributed by atoms with Crippen LogP contribution in [-0.4, -0.2) is 28.8 Å². The second-order valence-corrected chi connectivity index (χ2v) is 7.25. The van der Waals surface area contributed by atoms with Crippen molar-refractivity contribution >= 4 is 30.1 Å². The first-order chi connectivity index (χ1) is 10.6. The van der Waals surface area contributed by atoms with Crippen molar-refractivity contribution in [1.82, 2.24) is 0 Å². The van der Waals surface area contributed by atoms with Gasteiger partial charge in [-0.05, 0) is 37.0 Å². The van der Waals surface area contributed by atoms with Crippen LogP contribution in [0.1, 0.15) is 42.5 Å². The molecule has 0 radical (unpaired) electrons. The van der Waals surface area contributed by atoms with Crippen molar-refractivity contribution in [2.45, 2.75) is 43.4 Å². The van der Waals surface area contributed by atoms with Gasteiger partial charge in [-0.15, -0.1) is 0 Å². The van der Waals surface area contributed by atoms with Gasteiger partial charge >= 0.3 is 0 Å². The maximum atomic E-state index is 12.1. The predicted octanol–water partition coefficient (Wildman–Crippen LogP) is 1.66. The molecule has 2 N–H and O–H groups in total. The van der Waals surface area contributed by atoms with E-state index in [4.69, 9.17) is 5.73 Å². The lowest BCUT2D eigenvalue weighted by Crippen LogP contribution is -2.34. The minimum atomic E-state index is -0.200. The topological polar surface area (TPSA) is 67.8 Å². The Balaban J connectivity index is 1.71. The summed E-state index contributed by atoms with van der Waals surface area (Å²) in [5, 5.41) is 2.06. The number of amides is 1. The molecule has 1 heterocycles. The lowest BCUT2D eigenvalue weighted by Gasteiger charge is -2.14. The van der Waals surface area contributed by atoms with Crippen molar-refractivity contribution in [2.75, 3.05) is 5.75 Å². The first-order valence-electron chi connectivity index (χ1n) is 7.79. The number of hydrogen-bond acceptors (Lipinski definition) is 4. The average molecular weight is 315 g/mol. The van der Waals surface area contributed by atoms with Crippen LogP contribution in [0, 0.1) is 0 Å². The zero-order valence-corrected chi connectivity index (χ0v) is 13.4. The third kappa shape index (κ3) is 3.47. The Bertz CT molecular complexity index is 713. The molecule has 2 atom stereocenters. The normalized spacial score (nSPS) is 25.0. The number of nitrogens with two attached hydrogens (primary N) is 1. The largest absolute Gasteiger partial charge is 0.328 e. The number of thioether (sulfide) groups is 1. The molecule has 0 aromatic heterocycles. The van der Waals surface area contributed by atoms with E-state index in [0.29, 0.717) is 33.8 Å². The van der Waals surface area contributed by atoms with Gasteiger partial charge < -0.3 is 5.73 Å². The number of benzene rings is 1. The fourth-order valence-electron chi connectivity index (χ4n) is 2.95. The van der Waals surface area contributed by atoms with Gasteiger partial charge in [0.15, 0.2) is 0 Å². The Labute approximate surface area is 134 Å². The summed E-state index contributed by atoms with van der Waals surface area (Å²) >= 11 is 1.85. The first kappa shape index (κ1) is 15.4. The summed E-state index contributed by atoms with van der Waals surface area (Å²) in [5.41, 5.74) is 6.58. The van der Waals surface area contributed by atoms with E-state index < -0.39 is 0 Å². The highest BCUT2D eigenvalue weighted by Crippen LogP contribution is 2.27. The third-order valence-corrected chi connectivity index (χ3v) is 5.60. The quantitative estimate of drug-likeness (QED) is 0.863. The standard InChI is InChI=1S/C17H21N3OS/c1-11-4-2-7-14-16(11)19-15(20-17(14)21)10-22-13-6-3-5-12(18)8-9-13/h2,4,7,12-13H,1,3,5-6,8-10,18H2. The van der Waals surface area contributed by atoms with Crippen molar-refractivity contribution in [1.29, 1.82) is 0 Å². The highest BCUT2D eigenvalue weighted by atomic mass is 32.2. The molecule has 2 aliphatic rings. The van der Waals surface area contributed by atoms with E-state index in [0.717, 1.165) is 24.5 Å². The molecule has 1 aliphatic carbocycles. The lowest BCUT2D eigenvalue weighted by atomic mass is 10.1. The molecule has 1 aromatic rings. The molecule has 4 nitrogen and oxygen atoms in total. The molecule has 3 rings (SSSR count). The summed E-state index contributed by atoms with van der Waals surface area (Å²) in [6, 6.07) is 5.80. The molecule has 1 fully saturated rings. The number of aliphatic imine (C=N–C) groups is 1. The molecule has 2 unspecified atom stereocenters. The molecule has 0 spiro atoms. The van der Waals surface area contributed by atoms with Crippen LogP contribution in [0.5, 0.6) is 0 Å². The second-order valence-electron chi connectivity index (χ2n) is 5.96. The van der Waals surface area contributed by atoms with E-state index in [1.807, 2.05) is 23.9 Å². The highest BCUT2D eigenvalue weighted by Gasteiger charge is 2.19. The molecule has 0 saturated heterocycles. The van der Waals surface area contributed by atoms with Crippen LogP contribution in [0.2, 0.25) is 0 Å². The van der Waals surface area contributed by atoms with Gasteiger partial charge in [-0.25, -0.2) is 4.99 Å². The number of hydrogen-bond donors (Lipinski definition) is 1. The van der Waals surface area contributed by atoms with Crippen LogP contribution in [0.15, 0.2) is 28.2 Å². The van der Waals surface area contributed by atoms with Crippen molar-refractivity contribution < 1.29 is 4.79 Å². The van der Waals surface area contributed by atoms with Crippen molar-refractivity contribution in [3.8, 4) is 0 Å². The molecule has 1 aromatic carbocycles. The predicted molar refractivity (Wildman–Crippen MR) is 91.8 cm³/mol. The fourth-order valence-corrected chi connectivity index (χ4v) is 4.10. The Morgan fingerprint density at radius 3 is 2.95 bits per heavy atom. The summed E-state index contributed by atoms with van der Waals surface area (Å²) in [5.74, 6) is 1.10. The van der Waals surface area contributed by atoms with Crippen molar-refractivity contribution in [3.63, 3.8) is 0 Å². The minimum absolute atomic E-state index is 0.200. The Morgan fingerprint density at radius 2 is 2.09 bits per heavy atom. The number of carbonyl (C=O) groups is 1. The molecular formula is C17H21N3OS. The third-order valence-electron chi connectivity index (χ3n) is 4.23. The van der Waals surface area contributed by atoms with Gasteiger partial charge in [-0.2, -0.15) is 16.8 Å².